The van der Waals surface area contributed by atoms with Crippen LogP contribution in [-0.4, -0.2) is 59.6 Å². The molecule has 0 spiro atoms. The van der Waals surface area contributed by atoms with E-state index in [-0.39, 0.29) is 29.4 Å². The summed E-state index contributed by atoms with van der Waals surface area (Å²) in [7, 11) is 1.44. The smallest absolute Gasteiger partial charge is 0.242 e. The van der Waals surface area contributed by atoms with Gasteiger partial charge in [-0.25, -0.2) is 12.7 Å². The summed E-state index contributed by atoms with van der Waals surface area (Å²) in [6.45, 7) is 5.08. The Bertz CT molecular complexity index is 761. The van der Waals surface area contributed by atoms with Gasteiger partial charge in [-0.1, -0.05) is 25.0 Å². The van der Waals surface area contributed by atoms with Gasteiger partial charge >= 0.3 is 0 Å². The quantitative estimate of drug-likeness (QED) is 0.202. The minimum Gasteiger partial charge on any atom is -0.382 e. The van der Waals surface area contributed by atoms with Crippen molar-refractivity contribution >= 4 is 40.0 Å². The van der Waals surface area contributed by atoms with Gasteiger partial charge in [-0.15, -0.1) is 24.0 Å². The Morgan fingerprint density at radius 3 is 2.33 bits per heavy atom. The number of nitrogens with zero attached hydrogens (tertiary/aromatic N) is 2. The molecule has 1 aliphatic rings. The Morgan fingerprint density at radius 1 is 1.17 bits per heavy atom. The van der Waals surface area contributed by atoms with Crippen molar-refractivity contribution in [3.05, 3.63) is 29.8 Å². The molecule has 2 N–H and O–H groups in total. The maximum atomic E-state index is 12.2. The first-order chi connectivity index (χ1) is 13.8. The van der Waals surface area contributed by atoms with E-state index in [9.17, 15) is 8.42 Å². The molecule has 1 saturated carbocycles. The van der Waals surface area contributed by atoms with Crippen LogP contribution >= 0.6 is 24.0 Å². The Balaban J connectivity index is 0.00000450. The van der Waals surface area contributed by atoms with E-state index in [1.807, 2.05) is 19.1 Å². The van der Waals surface area contributed by atoms with E-state index in [0.29, 0.717) is 11.4 Å². The van der Waals surface area contributed by atoms with Crippen molar-refractivity contribution in [1.82, 2.24) is 14.9 Å². The van der Waals surface area contributed by atoms with Gasteiger partial charge < -0.3 is 15.4 Å². The highest BCUT2D eigenvalue weighted by molar-refractivity contribution is 14.0. The third kappa shape index (κ3) is 7.65. The lowest BCUT2D eigenvalue weighted by Gasteiger charge is -2.30. The van der Waals surface area contributed by atoms with Crippen LogP contribution < -0.4 is 10.6 Å². The van der Waals surface area contributed by atoms with Gasteiger partial charge in [0, 0.05) is 47.4 Å². The van der Waals surface area contributed by atoms with Crippen molar-refractivity contribution in [3.63, 3.8) is 0 Å². The molecule has 9 heteroatoms. The molecule has 7 nitrogen and oxygen atoms in total. The summed E-state index contributed by atoms with van der Waals surface area (Å²) in [5.41, 5.74) is 1.28. The van der Waals surface area contributed by atoms with Crippen molar-refractivity contribution in [2.75, 3.05) is 40.9 Å². The fourth-order valence-electron chi connectivity index (χ4n) is 3.74. The van der Waals surface area contributed by atoms with Crippen LogP contribution in [0.25, 0.3) is 0 Å². The van der Waals surface area contributed by atoms with E-state index in [1.165, 1.54) is 44.1 Å². The molecule has 1 aromatic carbocycles. The molecule has 0 saturated heterocycles. The first-order valence-corrected chi connectivity index (χ1v) is 11.8. The highest BCUT2D eigenvalue weighted by atomic mass is 127. The summed E-state index contributed by atoms with van der Waals surface area (Å²) in [4.78, 5) is 4.63. The molecule has 0 aromatic heterocycles. The molecule has 0 unspecified atom stereocenters. The van der Waals surface area contributed by atoms with E-state index in [1.54, 1.807) is 19.2 Å². The van der Waals surface area contributed by atoms with Crippen LogP contribution in [0.5, 0.6) is 0 Å². The number of rotatable bonds is 10. The van der Waals surface area contributed by atoms with Crippen LogP contribution in [0.3, 0.4) is 0 Å². The molecule has 0 atom stereocenters. The number of benzene rings is 1. The van der Waals surface area contributed by atoms with Gasteiger partial charge in [0.05, 0.1) is 4.90 Å². The molecule has 172 valence electrons. The minimum atomic E-state index is -3.40. The number of guanidine groups is 1. The Hall–Kier alpha value is -0.910. The summed E-state index contributed by atoms with van der Waals surface area (Å²) in [5, 5.41) is 6.80. The van der Waals surface area contributed by atoms with E-state index in [0.717, 1.165) is 37.7 Å². The number of hydrogen-bond donors (Lipinski definition) is 2. The standard InChI is InChI=1S/C21H36N4O3S.HI/c1-5-28-15-14-21(12-6-7-13-21)17-24-20(22-2)23-16-18-8-10-19(11-9-18)29(26,27)25(3)4;/h8-11H,5-7,12-17H2,1-4H3,(H2,22,23,24);1H. The van der Waals surface area contributed by atoms with Gasteiger partial charge in [0.25, 0.3) is 0 Å². The Kier molecular flexibility index (Phi) is 11.6. The van der Waals surface area contributed by atoms with Gasteiger partial charge in [-0.3, -0.25) is 4.99 Å². The van der Waals surface area contributed by atoms with Gasteiger partial charge in [-0.05, 0) is 49.3 Å². The normalized spacial score (nSPS) is 16.4. The minimum absolute atomic E-state index is 0. The van der Waals surface area contributed by atoms with Crippen LogP contribution in [0.4, 0.5) is 0 Å². The zero-order valence-corrected chi connectivity index (χ0v) is 21.8. The highest BCUT2D eigenvalue weighted by Gasteiger charge is 2.33. The molecule has 0 amide bonds. The number of sulfonamides is 1. The molecule has 0 bridgehead atoms. The van der Waals surface area contributed by atoms with Crippen molar-refractivity contribution < 1.29 is 13.2 Å². The van der Waals surface area contributed by atoms with Crippen molar-refractivity contribution in [1.29, 1.82) is 0 Å². The topological polar surface area (TPSA) is 83.0 Å². The molecule has 30 heavy (non-hydrogen) atoms. The second kappa shape index (κ2) is 12.8. The fraction of sp³-hybridized carbons (Fsp3) is 0.667. The fourth-order valence-corrected chi connectivity index (χ4v) is 4.64. The Morgan fingerprint density at radius 2 is 1.80 bits per heavy atom. The SMILES string of the molecule is CCOCCC1(CNC(=NC)NCc2ccc(S(=O)(=O)N(C)C)cc2)CCCC1.I. The van der Waals surface area contributed by atoms with Gasteiger partial charge in [0.1, 0.15) is 0 Å². The first kappa shape index (κ1) is 27.1. The van der Waals surface area contributed by atoms with Gasteiger partial charge in [-0.2, -0.15) is 0 Å². The molecule has 0 heterocycles. The lowest BCUT2D eigenvalue weighted by molar-refractivity contribution is 0.105. The van der Waals surface area contributed by atoms with Crippen LogP contribution in [0.15, 0.2) is 34.2 Å². The third-order valence-corrected chi connectivity index (χ3v) is 7.49. The second-order valence-electron chi connectivity index (χ2n) is 7.86. The molecule has 1 aromatic rings. The summed E-state index contributed by atoms with van der Waals surface area (Å²) < 4.78 is 31.1. The van der Waals surface area contributed by atoms with Crippen LogP contribution in [0.1, 0.15) is 44.6 Å². The van der Waals surface area contributed by atoms with Crippen LogP contribution in [0, 0.1) is 5.41 Å². The maximum Gasteiger partial charge on any atom is 0.242 e. The molecule has 2 rings (SSSR count). The van der Waals surface area contributed by atoms with E-state index in [2.05, 4.69) is 15.6 Å². The van der Waals surface area contributed by atoms with Crippen LogP contribution in [-0.2, 0) is 21.3 Å². The first-order valence-electron chi connectivity index (χ1n) is 10.4. The monoisotopic (exact) mass is 552 g/mol. The largest absolute Gasteiger partial charge is 0.382 e. The number of ether oxygens (including phenoxy) is 1. The summed E-state index contributed by atoms with van der Waals surface area (Å²) in [6.07, 6.45) is 6.09. The van der Waals surface area contributed by atoms with Crippen molar-refractivity contribution in [2.45, 2.75) is 50.5 Å². The predicted molar refractivity (Wildman–Crippen MR) is 133 cm³/mol. The molecule has 0 radical (unpaired) electrons. The van der Waals surface area contributed by atoms with Gasteiger partial charge in [0.15, 0.2) is 5.96 Å². The number of nitrogens with one attached hydrogen (secondary N) is 2. The van der Waals surface area contributed by atoms with E-state index in [4.69, 9.17) is 4.74 Å². The zero-order chi connectivity index (χ0) is 21.3. The van der Waals surface area contributed by atoms with Gasteiger partial charge in [0.2, 0.25) is 10.0 Å². The lowest BCUT2D eigenvalue weighted by Crippen LogP contribution is -2.43. The Labute approximate surface area is 199 Å². The van der Waals surface area contributed by atoms with Crippen molar-refractivity contribution in [3.8, 4) is 0 Å². The number of halogens is 1. The van der Waals surface area contributed by atoms with E-state index >= 15 is 0 Å². The predicted octanol–water partition coefficient (Wildman–Crippen LogP) is 3.21. The highest BCUT2D eigenvalue weighted by Crippen LogP contribution is 2.40. The van der Waals surface area contributed by atoms with Crippen LogP contribution in [0.2, 0.25) is 0 Å². The molecular formula is C21H37IN4O3S. The molecule has 0 aliphatic heterocycles. The maximum absolute atomic E-state index is 12.2. The summed E-state index contributed by atoms with van der Waals surface area (Å²) in [6, 6.07) is 6.95. The third-order valence-electron chi connectivity index (χ3n) is 5.66. The average molecular weight is 553 g/mol. The average Bonchev–Trinajstić information content (AvgIpc) is 3.17. The summed E-state index contributed by atoms with van der Waals surface area (Å²) in [5.74, 6) is 0.762. The molecule has 1 aliphatic carbocycles. The number of aliphatic imine (C=N–C) groups is 1. The lowest BCUT2D eigenvalue weighted by atomic mass is 9.83. The molecular weight excluding hydrogens is 515 g/mol. The zero-order valence-electron chi connectivity index (χ0n) is 18.6. The van der Waals surface area contributed by atoms with Crippen molar-refractivity contribution in [2.24, 2.45) is 10.4 Å². The summed E-state index contributed by atoms with van der Waals surface area (Å²) >= 11 is 0. The van der Waals surface area contributed by atoms with E-state index < -0.39 is 10.0 Å². The molecule has 1 fully saturated rings. The number of hydrogen-bond acceptors (Lipinski definition) is 4. The second-order valence-corrected chi connectivity index (χ2v) is 10.0.